The number of hydrogen-bond acceptors (Lipinski definition) is 9. The minimum absolute atomic E-state index is 0.179. The highest BCUT2D eigenvalue weighted by molar-refractivity contribution is 7.93. The van der Waals surface area contributed by atoms with Crippen LogP contribution in [-0.2, 0) is 19.2 Å². The Bertz CT molecular complexity index is 1430. The zero-order valence-electron chi connectivity index (χ0n) is 19.7. The molecule has 2 unspecified atom stereocenters. The Labute approximate surface area is 208 Å². The molecule has 3 saturated heterocycles. The molecule has 3 fully saturated rings. The molecule has 11 heteroatoms. The largest absolute Gasteiger partial charge is 0.483 e. The van der Waals surface area contributed by atoms with Crippen LogP contribution in [0.15, 0.2) is 41.0 Å². The summed E-state index contributed by atoms with van der Waals surface area (Å²) in [6, 6.07) is 7.93. The van der Waals surface area contributed by atoms with Crippen molar-refractivity contribution in [2.24, 2.45) is 4.36 Å². The van der Waals surface area contributed by atoms with Gasteiger partial charge in [-0.15, -0.1) is 0 Å². The van der Waals surface area contributed by atoms with E-state index in [2.05, 4.69) is 19.6 Å². The molecule has 190 valence electrons. The van der Waals surface area contributed by atoms with Gasteiger partial charge in [-0.05, 0) is 49.6 Å². The maximum absolute atomic E-state index is 14.2. The van der Waals surface area contributed by atoms with Gasteiger partial charge < -0.3 is 24.6 Å². The van der Waals surface area contributed by atoms with Gasteiger partial charge in [-0.25, -0.2) is 18.6 Å². The molecular weight excluding hydrogens is 487 g/mol. The summed E-state index contributed by atoms with van der Waals surface area (Å²) in [7, 11) is -2.20. The molecule has 0 saturated carbocycles. The van der Waals surface area contributed by atoms with E-state index in [1.807, 2.05) is 19.1 Å². The van der Waals surface area contributed by atoms with Crippen molar-refractivity contribution in [1.29, 1.82) is 0 Å². The Morgan fingerprint density at radius 2 is 1.94 bits per heavy atom. The fourth-order valence-corrected chi connectivity index (χ4v) is 7.28. The molecule has 36 heavy (non-hydrogen) atoms. The highest BCUT2D eigenvalue weighted by atomic mass is 32.2. The third kappa shape index (κ3) is 4.40. The van der Waals surface area contributed by atoms with Gasteiger partial charge in [0.2, 0.25) is 0 Å². The van der Waals surface area contributed by atoms with Gasteiger partial charge in [0, 0.05) is 23.0 Å². The lowest BCUT2D eigenvalue weighted by atomic mass is 10.1. The number of benzene rings is 2. The van der Waals surface area contributed by atoms with Crippen molar-refractivity contribution in [3.8, 4) is 5.75 Å². The van der Waals surface area contributed by atoms with Gasteiger partial charge in [-0.2, -0.15) is 4.36 Å². The average molecular weight is 515 g/mol. The zero-order valence-corrected chi connectivity index (χ0v) is 20.5. The fraction of sp³-hybridized carbons (Fsp3) is 0.440. The van der Waals surface area contributed by atoms with Crippen LogP contribution in [0, 0.1) is 12.7 Å². The number of halogens is 1. The standard InChI is InChI=1S/C25H27FN4O5S/c1-14-8-16(30-36(32)6-2-3-7-36)10-18-22(14)25(28-13-27-18)29-17-5-4-15(26)9-20(17)35-21-12-34-23-19(31)11-33-24(21)23/h4-5,8-10,13,19,21,23-24,31H,2-3,6-7,11-12H2,1H3,(H,27,28,29)/t19-,21-,23?,24?/m1/s1. The SMILES string of the molecule is Cc1cc(N=S2(=O)CCCC2)cc2ncnc(Nc3ccc(F)cc3O[C@@H]3COC4C3OC[C@H]4O)c12. The van der Waals surface area contributed by atoms with Gasteiger partial charge in [0.15, 0.2) is 6.10 Å². The van der Waals surface area contributed by atoms with E-state index in [1.54, 1.807) is 6.07 Å². The van der Waals surface area contributed by atoms with E-state index < -0.39 is 40.0 Å². The molecule has 6 rings (SSSR count). The molecule has 3 aliphatic heterocycles. The molecule has 3 aromatic rings. The molecule has 1 aromatic heterocycles. The Morgan fingerprint density at radius 3 is 2.78 bits per heavy atom. The molecule has 0 bridgehead atoms. The van der Waals surface area contributed by atoms with E-state index in [1.165, 1.54) is 18.5 Å². The third-order valence-corrected chi connectivity index (χ3v) is 9.22. The highest BCUT2D eigenvalue weighted by Gasteiger charge is 2.48. The quantitative estimate of drug-likeness (QED) is 0.531. The van der Waals surface area contributed by atoms with Crippen LogP contribution >= 0.6 is 0 Å². The first-order valence-electron chi connectivity index (χ1n) is 12.0. The van der Waals surface area contributed by atoms with Gasteiger partial charge in [-0.3, -0.25) is 0 Å². The fourth-order valence-electron chi connectivity index (χ4n) is 5.09. The first-order chi connectivity index (χ1) is 17.4. The lowest BCUT2D eigenvalue weighted by Crippen LogP contribution is -2.34. The number of ether oxygens (including phenoxy) is 3. The van der Waals surface area contributed by atoms with Crippen LogP contribution in [0.2, 0.25) is 0 Å². The summed E-state index contributed by atoms with van der Waals surface area (Å²) in [6.07, 6.45) is 1.26. The monoisotopic (exact) mass is 514 g/mol. The van der Waals surface area contributed by atoms with Crippen LogP contribution in [0.25, 0.3) is 10.9 Å². The van der Waals surface area contributed by atoms with Crippen molar-refractivity contribution in [1.82, 2.24) is 9.97 Å². The Kier molecular flexibility index (Phi) is 6.03. The van der Waals surface area contributed by atoms with Crippen LogP contribution in [0.4, 0.5) is 21.6 Å². The Morgan fingerprint density at radius 1 is 1.14 bits per heavy atom. The summed E-state index contributed by atoms with van der Waals surface area (Å²) in [5.74, 6) is 1.62. The third-order valence-electron chi connectivity index (χ3n) is 6.83. The predicted molar refractivity (Wildman–Crippen MR) is 133 cm³/mol. The molecular formula is C25H27FN4O5S. The Hall–Kier alpha value is -2.86. The highest BCUT2D eigenvalue weighted by Crippen LogP contribution is 2.36. The summed E-state index contributed by atoms with van der Waals surface area (Å²) >= 11 is 0. The van der Waals surface area contributed by atoms with E-state index in [4.69, 9.17) is 14.2 Å². The second kappa shape index (κ2) is 9.22. The van der Waals surface area contributed by atoms with E-state index in [0.717, 1.165) is 23.8 Å². The van der Waals surface area contributed by atoms with Gasteiger partial charge in [0.25, 0.3) is 0 Å². The predicted octanol–water partition coefficient (Wildman–Crippen LogP) is 3.62. The molecule has 0 aliphatic carbocycles. The van der Waals surface area contributed by atoms with Crippen LogP contribution in [-0.4, -0.2) is 68.4 Å². The summed E-state index contributed by atoms with van der Waals surface area (Å²) in [4.78, 5) is 8.84. The van der Waals surface area contributed by atoms with Gasteiger partial charge in [0.1, 0.15) is 42.0 Å². The lowest BCUT2D eigenvalue weighted by Gasteiger charge is -2.21. The maximum Gasteiger partial charge on any atom is 0.151 e. The van der Waals surface area contributed by atoms with Gasteiger partial charge >= 0.3 is 0 Å². The van der Waals surface area contributed by atoms with Crippen molar-refractivity contribution in [2.75, 3.05) is 30.0 Å². The molecule has 2 N–H and O–H groups in total. The van der Waals surface area contributed by atoms with E-state index in [-0.39, 0.29) is 19.0 Å². The first kappa shape index (κ1) is 23.5. The number of aryl methyl sites for hydroxylation is 1. The number of anilines is 2. The van der Waals surface area contributed by atoms with Gasteiger partial charge in [0.05, 0.1) is 39.8 Å². The van der Waals surface area contributed by atoms with Crippen LogP contribution in [0.1, 0.15) is 18.4 Å². The summed E-state index contributed by atoms with van der Waals surface area (Å²) in [6.45, 7) is 2.34. The number of hydrogen-bond donors (Lipinski definition) is 2. The Balaban J connectivity index is 1.32. The summed E-state index contributed by atoms with van der Waals surface area (Å²) in [5.41, 5.74) is 2.70. The second-order valence-electron chi connectivity index (χ2n) is 9.44. The second-order valence-corrected chi connectivity index (χ2v) is 12.0. The first-order valence-corrected chi connectivity index (χ1v) is 13.9. The lowest BCUT2D eigenvalue weighted by molar-refractivity contribution is 0.00871. The minimum atomic E-state index is -2.20. The zero-order chi connectivity index (χ0) is 24.9. The number of aromatic nitrogens is 2. The molecule has 4 atom stereocenters. The van der Waals surface area contributed by atoms with Crippen LogP contribution in [0.5, 0.6) is 5.75 Å². The van der Waals surface area contributed by atoms with E-state index >= 15 is 0 Å². The smallest absolute Gasteiger partial charge is 0.151 e. The van der Waals surface area contributed by atoms with E-state index in [9.17, 15) is 13.7 Å². The molecule has 0 spiro atoms. The number of nitrogens with one attached hydrogen (secondary N) is 1. The average Bonchev–Trinajstić information content (AvgIpc) is 3.54. The van der Waals surface area contributed by atoms with Crippen molar-refractivity contribution < 1.29 is 27.9 Å². The molecule has 0 radical (unpaired) electrons. The van der Waals surface area contributed by atoms with Crippen LogP contribution < -0.4 is 10.1 Å². The number of aliphatic hydroxyl groups is 1. The number of aliphatic hydroxyl groups excluding tert-OH is 1. The van der Waals surface area contributed by atoms with Crippen LogP contribution in [0.3, 0.4) is 0 Å². The normalized spacial score (nSPS) is 26.8. The number of rotatable bonds is 5. The van der Waals surface area contributed by atoms with Crippen molar-refractivity contribution in [3.05, 3.63) is 48.0 Å². The number of nitrogens with zero attached hydrogens (tertiary/aromatic N) is 3. The molecule has 4 heterocycles. The van der Waals surface area contributed by atoms with E-state index in [0.29, 0.717) is 34.2 Å². The summed E-state index contributed by atoms with van der Waals surface area (Å²) < 4.78 is 49.1. The van der Waals surface area contributed by atoms with Gasteiger partial charge in [-0.1, -0.05) is 0 Å². The minimum Gasteiger partial charge on any atom is -0.483 e. The molecule has 0 amide bonds. The maximum atomic E-state index is 14.2. The molecule has 9 nitrogen and oxygen atoms in total. The van der Waals surface area contributed by atoms with Crippen molar-refractivity contribution in [2.45, 2.75) is 44.2 Å². The topological polar surface area (TPSA) is 115 Å². The van der Waals surface area contributed by atoms with Crippen molar-refractivity contribution >= 4 is 37.8 Å². The molecule has 3 aliphatic rings. The summed E-state index contributed by atoms with van der Waals surface area (Å²) in [5, 5.41) is 14.0. The molecule has 2 aromatic carbocycles. The van der Waals surface area contributed by atoms with Crippen molar-refractivity contribution in [3.63, 3.8) is 0 Å². The number of fused-ring (bicyclic) bond motifs is 2.